The molecule has 34 heavy (non-hydrogen) atoms. The molecule has 1 aliphatic rings. The third-order valence-corrected chi connectivity index (χ3v) is 6.82. The van der Waals surface area contributed by atoms with Gasteiger partial charge in [-0.2, -0.15) is 0 Å². The molecule has 9 heteroatoms. The monoisotopic (exact) mass is 477 g/mol. The highest BCUT2D eigenvalue weighted by Crippen LogP contribution is 2.27. The van der Waals surface area contributed by atoms with Gasteiger partial charge in [-0.3, -0.25) is 24.0 Å². The molecule has 3 aromatic carbocycles. The standard InChI is InChI=1S/C25H23N3O5S/c1-2-3-15-28-24(30)19-14-13-17(16-20(19)25(28)31)23(29)26-21-11-7-8-12-22(21)27-34(32,33)18-9-5-4-6-10-18/h4-14,16,27H,2-3,15H2,1H3,(H,26,29). The van der Waals surface area contributed by atoms with Crippen molar-refractivity contribution >= 4 is 39.1 Å². The molecule has 1 aliphatic heterocycles. The smallest absolute Gasteiger partial charge is 0.261 e. The van der Waals surface area contributed by atoms with Crippen LogP contribution in [0.3, 0.4) is 0 Å². The predicted octanol–water partition coefficient (Wildman–Crippen LogP) is 4.14. The van der Waals surface area contributed by atoms with Crippen molar-refractivity contribution in [3.63, 3.8) is 0 Å². The number of carbonyl (C=O) groups excluding carboxylic acids is 3. The molecule has 0 atom stereocenters. The van der Waals surface area contributed by atoms with Gasteiger partial charge in [0.15, 0.2) is 0 Å². The summed E-state index contributed by atoms with van der Waals surface area (Å²) < 4.78 is 27.9. The van der Waals surface area contributed by atoms with Gasteiger partial charge >= 0.3 is 0 Å². The number of fused-ring (bicyclic) bond motifs is 1. The van der Waals surface area contributed by atoms with E-state index in [1.807, 2.05) is 6.92 Å². The van der Waals surface area contributed by atoms with E-state index in [1.165, 1.54) is 41.3 Å². The first kappa shape index (κ1) is 23.2. The van der Waals surface area contributed by atoms with Crippen molar-refractivity contribution in [3.05, 3.63) is 89.5 Å². The van der Waals surface area contributed by atoms with Crippen LogP contribution >= 0.6 is 0 Å². The van der Waals surface area contributed by atoms with Crippen molar-refractivity contribution < 1.29 is 22.8 Å². The average molecular weight is 478 g/mol. The lowest BCUT2D eigenvalue weighted by atomic mass is 10.1. The molecule has 0 spiro atoms. The third kappa shape index (κ3) is 4.55. The Morgan fingerprint density at radius 1 is 0.853 bits per heavy atom. The molecule has 2 N–H and O–H groups in total. The highest BCUT2D eigenvalue weighted by atomic mass is 32.2. The number of benzene rings is 3. The van der Waals surface area contributed by atoms with Crippen molar-refractivity contribution in [1.82, 2.24) is 4.90 Å². The molecule has 1 heterocycles. The van der Waals surface area contributed by atoms with E-state index in [1.54, 1.807) is 36.4 Å². The van der Waals surface area contributed by atoms with Gasteiger partial charge < -0.3 is 5.32 Å². The van der Waals surface area contributed by atoms with E-state index in [9.17, 15) is 22.8 Å². The first-order valence-corrected chi connectivity index (χ1v) is 12.3. The van der Waals surface area contributed by atoms with Crippen molar-refractivity contribution in [1.29, 1.82) is 0 Å². The first-order valence-electron chi connectivity index (χ1n) is 10.8. The number of nitrogens with one attached hydrogen (secondary N) is 2. The molecule has 0 saturated carbocycles. The fraction of sp³-hybridized carbons (Fsp3) is 0.160. The Labute approximate surface area is 197 Å². The van der Waals surface area contributed by atoms with Crippen LogP contribution in [0.4, 0.5) is 11.4 Å². The number of hydrogen-bond acceptors (Lipinski definition) is 5. The number of carbonyl (C=O) groups is 3. The van der Waals surface area contributed by atoms with E-state index in [4.69, 9.17) is 0 Å². The molecule has 0 aliphatic carbocycles. The molecule has 0 bridgehead atoms. The Balaban J connectivity index is 1.56. The van der Waals surface area contributed by atoms with E-state index >= 15 is 0 Å². The minimum atomic E-state index is -3.86. The average Bonchev–Trinajstić information content (AvgIpc) is 3.08. The fourth-order valence-corrected chi connectivity index (χ4v) is 4.73. The molecule has 0 fully saturated rings. The van der Waals surface area contributed by atoms with Crippen LogP contribution in [0, 0.1) is 0 Å². The van der Waals surface area contributed by atoms with E-state index in [2.05, 4.69) is 10.0 Å². The summed E-state index contributed by atoms with van der Waals surface area (Å²) in [4.78, 5) is 39.4. The van der Waals surface area contributed by atoms with Gasteiger partial charge in [0.1, 0.15) is 0 Å². The minimum absolute atomic E-state index is 0.0885. The topological polar surface area (TPSA) is 113 Å². The number of nitrogens with zero attached hydrogens (tertiary/aromatic N) is 1. The number of para-hydroxylation sites is 2. The molecule has 174 valence electrons. The van der Waals surface area contributed by atoms with Gasteiger partial charge in [-0.25, -0.2) is 8.42 Å². The minimum Gasteiger partial charge on any atom is -0.320 e. The Kier molecular flexibility index (Phi) is 6.47. The van der Waals surface area contributed by atoms with Gasteiger partial charge in [0.25, 0.3) is 27.7 Å². The third-order valence-electron chi connectivity index (χ3n) is 5.44. The van der Waals surface area contributed by atoms with Crippen molar-refractivity contribution in [2.75, 3.05) is 16.6 Å². The zero-order valence-corrected chi connectivity index (χ0v) is 19.3. The number of amides is 3. The summed E-state index contributed by atoms with van der Waals surface area (Å²) in [6.07, 6.45) is 1.54. The van der Waals surface area contributed by atoms with Gasteiger partial charge in [-0.15, -0.1) is 0 Å². The van der Waals surface area contributed by atoms with E-state index in [0.717, 1.165) is 6.42 Å². The Hall–Kier alpha value is -3.98. The number of rotatable bonds is 8. The molecule has 0 saturated heterocycles. The van der Waals surface area contributed by atoms with Crippen molar-refractivity contribution in [2.45, 2.75) is 24.7 Å². The summed E-state index contributed by atoms with van der Waals surface area (Å²) in [7, 11) is -3.86. The Morgan fingerprint density at radius 2 is 1.50 bits per heavy atom. The second-order valence-corrected chi connectivity index (χ2v) is 9.48. The predicted molar refractivity (Wildman–Crippen MR) is 128 cm³/mol. The molecule has 8 nitrogen and oxygen atoms in total. The van der Waals surface area contributed by atoms with Gasteiger partial charge in [0, 0.05) is 12.1 Å². The molecule has 0 radical (unpaired) electrons. The van der Waals surface area contributed by atoms with Crippen LogP contribution in [0.1, 0.15) is 50.8 Å². The van der Waals surface area contributed by atoms with Gasteiger partial charge in [0.05, 0.1) is 27.4 Å². The summed E-state index contributed by atoms with van der Waals surface area (Å²) in [6, 6.07) is 18.6. The Morgan fingerprint density at radius 3 is 2.21 bits per heavy atom. The molecule has 4 rings (SSSR count). The lowest BCUT2D eigenvalue weighted by Gasteiger charge is -2.14. The number of hydrogen-bond donors (Lipinski definition) is 2. The lowest BCUT2D eigenvalue weighted by Crippen LogP contribution is -2.30. The molecule has 0 aromatic heterocycles. The molecule has 0 unspecified atom stereocenters. The maximum absolute atomic E-state index is 12.9. The van der Waals surface area contributed by atoms with Gasteiger partial charge in [0.2, 0.25) is 0 Å². The lowest BCUT2D eigenvalue weighted by molar-refractivity contribution is 0.0652. The number of anilines is 2. The molecular weight excluding hydrogens is 454 g/mol. The van der Waals surface area contributed by atoms with Crippen molar-refractivity contribution in [3.8, 4) is 0 Å². The normalized spacial score (nSPS) is 13.0. The molecule has 3 aromatic rings. The van der Waals surface area contributed by atoms with Crippen molar-refractivity contribution in [2.24, 2.45) is 0 Å². The van der Waals surface area contributed by atoms with Gasteiger partial charge in [-0.05, 0) is 48.9 Å². The highest BCUT2D eigenvalue weighted by molar-refractivity contribution is 7.92. The maximum Gasteiger partial charge on any atom is 0.261 e. The first-order chi connectivity index (χ1) is 16.3. The fourth-order valence-electron chi connectivity index (χ4n) is 3.63. The number of unbranched alkanes of at least 4 members (excludes halogenated alkanes) is 1. The summed E-state index contributed by atoms with van der Waals surface area (Å²) in [6.45, 7) is 2.30. The quantitative estimate of drug-likeness (QED) is 0.474. The summed E-state index contributed by atoms with van der Waals surface area (Å²) in [5.74, 6) is -1.32. The zero-order valence-electron chi connectivity index (χ0n) is 18.4. The van der Waals surface area contributed by atoms with E-state index in [-0.39, 0.29) is 38.9 Å². The molecule has 3 amide bonds. The van der Waals surface area contributed by atoms with Crippen LogP contribution in [0.15, 0.2) is 77.7 Å². The highest BCUT2D eigenvalue weighted by Gasteiger charge is 2.35. The Bertz CT molecular complexity index is 1370. The van der Waals surface area contributed by atoms with Crippen LogP contribution in [0.25, 0.3) is 0 Å². The van der Waals surface area contributed by atoms with Crippen LogP contribution in [-0.4, -0.2) is 37.6 Å². The van der Waals surface area contributed by atoms with Gasteiger partial charge in [-0.1, -0.05) is 43.7 Å². The largest absolute Gasteiger partial charge is 0.320 e. The maximum atomic E-state index is 12.9. The van der Waals surface area contributed by atoms with Crippen LogP contribution in [0.2, 0.25) is 0 Å². The second kappa shape index (κ2) is 9.48. The second-order valence-electron chi connectivity index (χ2n) is 7.79. The number of sulfonamides is 1. The summed E-state index contributed by atoms with van der Waals surface area (Å²) in [5.41, 5.74) is 1.08. The summed E-state index contributed by atoms with van der Waals surface area (Å²) >= 11 is 0. The van der Waals surface area contributed by atoms with Crippen LogP contribution in [0.5, 0.6) is 0 Å². The van der Waals surface area contributed by atoms with E-state index in [0.29, 0.717) is 13.0 Å². The SMILES string of the molecule is CCCCN1C(=O)c2ccc(C(=O)Nc3ccccc3NS(=O)(=O)c3ccccc3)cc2C1=O. The van der Waals surface area contributed by atoms with E-state index < -0.39 is 21.8 Å². The summed E-state index contributed by atoms with van der Waals surface area (Å²) in [5, 5.41) is 2.69. The molecular formula is C25H23N3O5S. The zero-order chi connectivity index (χ0) is 24.3. The van der Waals surface area contributed by atoms with Crippen LogP contribution in [-0.2, 0) is 10.0 Å². The van der Waals surface area contributed by atoms with Crippen LogP contribution < -0.4 is 10.0 Å². The number of imide groups is 1.